The number of hydrogen-bond donors (Lipinski definition) is 1. The molecule has 1 heterocycles. The molecule has 0 aromatic rings. The van der Waals surface area contributed by atoms with E-state index in [4.69, 9.17) is 0 Å². The molecule has 0 spiro atoms. The highest BCUT2D eigenvalue weighted by Crippen LogP contribution is 2.17. The molecule has 19 heavy (non-hydrogen) atoms. The van der Waals surface area contributed by atoms with Crippen molar-refractivity contribution in [1.29, 1.82) is 0 Å². The third-order valence-electron chi connectivity index (χ3n) is 4.32. The van der Waals surface area contributed by atoms with Gasteiger partial charge in [-0.1, -0.05) is 13.8 Å². The van der Waals surface area contributed by atoms with Crippen molar-refractivity contribution >= 4 is 0 Å². The maximum Gasteiger partial charge on any atom is 0.00644 e. The SMILES string of the molecule is CC(C)CNCCCC(C)N(C)CC1CCN(C)C1. The van der Waals surface area contributed by atoms with E-state index in [-0.39, 0.29) is 0 Å². The Morgan fingerprint density at radius 2 is 2.05 bits per heavy atom. The number of hydrogen-bond acceptors (Lipinski definition) is 3. The van der Waals surface area contributed by atoms with Crippen molar-refractivity contribution in [1.82, 2.24) is 15.1 Å². The van der Waals surface area contributed by atoms with Crippen molar-refractivity contribution in [2.75, 3.05) is 46.8 Å². The second-order valence-corrected chi connectivity index (χ2v) is 6.95. The average Bonchev–Trinajstić information content (AvgIpc) is 2.73. The molecule has 1 fully saturated rings. The van der Waals surface area contributed by atoms with Gasteiger partial charge in [-0.25, -0.2) is 0 Å². The molecular formula is C16H35N3. The van der Waals surface area contributed by atoms with Crippen LogP contribution in [0.25, 0.3) is 0 Å². The molecule has 2 atom stereocenters. The van der Waals surface area contributed by atoms with Crippen LogP contribution in [0.15, 0.2) is 0 Å². The smallest absolute Gasteiger partial charge is 0.00644 e. The first-order valence-electron chi connectivity index (χ1n) is 8.08. The largest absolute Gasteiger partial charge is 0.316 e. The van der Waals surface area contributed by atoms with Crippen molar-refractivity contribution in [3.05, 3.63) is 0 Å². The Hall–Kier alpha value is -0.120. The van der Waals surface area contributed by atoms with Gasteiger partial charge in [-0.2, -0.15) is 0 Å². The summed E-state index contributed by atoms with van der Waals surface area (Å²) in [5.41, 5.74) is 0. The van der Waals surface area contributed by atoms with Crippen LogP contribution in [0.1, 0.15) is 40.0 Å². The summed E-state index contributed by atoms with van der Waals surface area (Å²) in [5, 5.41) is 3.53. The fourth-order valence-corrected chi connectivity index (χ4v) is 2.90. The van der Waals surface area contributed by atoms with Gasteiger partial charge >= 0.3 is 0 Å². The van der Waals surface area contributed by atoms with Gasteiger partial charge in [0.1, 0.15) is 0 Å². The van der Waals surface area contributed by atoms with Crippen LogP contribution in [0, 0.1) is 11.8 Å². The highest BCUT2D eigenvalue weighted by molar-refractivity contribution is 4.77. The van der Waals surface area contributed by atoms with E-state index in [1.165, 1.54) is 45.4 Å². The normalized spacial score (nSPS) is 22.6. The van der Waals surface area contributed by atoms with Crippen LogP contribution in [0.4, 0.5) is 0 Å². The van der Waals surface area contributed by atoms with Crippen molar-refractivity contribution in [3.63, 3.8) is 0 Å². The zero-order chi connectivity index (χ0) is 14.3. The Bertz CT molecular complexity index is 230. The van der Waals surface area contributed by atoms with Gasteiger partial charge in [0, 0.05) is 19.1 Å². The Morgan fingerprint density at radius 1 is 1.32 bits per heavy atom. The van der Waals surface area contributed by atoms with Gasteiger partial charge in [0.05, 0.1) is 0 Å². The monoisotopic (exact) mass is 269 g/mol. The lowest BCUT2D eigenvalue weighted by atomic mass is 10.1. The molecule has 0 saturated carbocycles. The maximum atomic E-state index is 3.53. The highest BCUT2D eigenvalue weighted by Gasteiger charge is 2.22. The third kappa shape index (κ3) is 7.28. The summed E-state index contributed by atoms with van der Waals surface area (Å²) in [6.45, 7) is 13.1. The minimum atomic E-state index is 0.715. The first-order chi connectivity index (χ1) is 8.99. The standard InChI is InChI=1S/C16H35N3/c1-14(2)11-17-9-6-7-15(3)19(5)13-16-8-10-18(4)12-16/h14-17H,6-13H2,1-5H3. The molecule has 114 valence electrons. The topological polar surface area (TPSA) is 18.5 Å². The van der Waals surface area contributed by atoms with Gasteiger partial charge in [-0.15, -0.1) is 0 Å². The lowest BCUT2D eigenvalue weighted by Gasteiger charge is -2.27. The van der Waals surface area contributed by atoms with Crippen LogP contribution in [-0.4, -0.2) is 62.7 Å². The van der Waals surface area contributed by atoms with E-state index in [1.807, 2.05) is 0 Å². The Kier molecular flexibility index (Phi) is 7.96. The number of likely N-dealkylation sites (tertiary alicyclic amines) is 1. The summed E-state index contributed by atoms with van der Waals surface area (Å²) >= 11 is 0. The molecule has 1 aliphatic heterocycles. The zero-order valence-corrected chi connectivity index (χ0v) is 13.8. The van der Waals surface area contributed by atoms with E-state index in [1.54, 1.807) is 0 Å². The van der Waals surface area contributed by atoms with E-state index >= 15 is 0 Å². The molecule has 0 bridgehead atoms. The molecule has 0 aromatic carbocycles. The number of rotatable bonds is 9. The van der Waals surface area contributed by atoms with Crippen LogP contribution in [0.5, 0.6) is 0 Å². The number of nitrogens with one attached hydrogen (secondary N) is 1. The summed E-state index contributed by atoms with van der Waals surface area (Å²) in [7, 11) is 4.54. The average molecular weight is 269 g/mol. The minimum absolute atomic E-state index is 0.715. The van der Waals surface area contributed by atoms with Crippen molar-refractivity contribution < 1.29 is 0 Å². The van der Waals surface area contributed by atoms with Crippen LogP contribution in [0.2, 0.25) is 0 Å². The Labute approximate surface area is 120 Å². The van der Waals surface area contributed by atoms with Crippen LogP contribution in [-0.2, 0) is 0 Å². The van der Waals surface area contributed by atoms with Gasteiger partial charge < -0.3 is 15.1 Å². The zero-order valence-electron chi connectivity index (χ0n) is 13.8. The van der Waals surface area contributed by atoms with Gasteiger partial charge in [0.2, 0.25) is 0 Å². The van der Waals surface area contributed by atoms with Gasteiger partial charge in [-0.3, -0.25) is 0 Å². The molecule has 0 radical (unpaired) electrons. The molecule has 1 saturated heterocycles. The molecule has 0 aliphatic carbocycles. The molecule has 3 nitrogen and oxygen atoms in total. The Morgan fingerprint density at radius 3 is 2.63 bits per heavy atom. The maximum absolute atomic E-state index is 3.53. The van der Waals surface area contributed by atoms with Crippen molar-refractivity contribution in [3.8, 4) is 0 Å². The quantitative estimate of drug-likeness (QED) is 0.648. The van der Waals surface area contributed by atoms with Gasteiger partial charge in [0.25, 0.3) is 0 Å². The summed E-state index contributed by atoms with van der Waals surface area (Å²) in [6, 6.07) is 0.715. The summed E-state index contributed by atoms with van der Waals surface area (Å²) < 4.78 is 0. The van der Waals surface area contributed by atoms with Gasteiger partial charge in [-0.05, 0) is 71.8 Å². The number of nitrogens with zero attached hydrogens (tertiary/aromatic N) is 2. The second kappa shape index (κ2) is 8.93. The van der Waals surface area contributed by atoms with E-state index in [0.717, 1.165) is 18.4 Å². The minimum Gasteiger partial charge on any atom is -0.316 e. The lowest BCUT2D eigenvalue weighted by Crippen LogP contribution is -2.35. The fraction of sp³-hybridized carbons (Fsp3) is 1.00. The second-order valence-electron chi connectivity index (χ2n) is 6.95. The van der Waals surface area contributed by atoms with Gasteiger partial charge in [0.15, 0.2) is 0 Å². The van der Waals surface area contributed by atoms with E-state index in [0.29, 0.717) is 6.04 Å². The first kappa shape index (κ1) is 16.9. The predicted octanol–water partition coefficient (Wildman–Crippen LogP) is 2.28. The van der Waals surface area contributed by atoms with E-state index < -0.39 is 0 Å². The summed E-state index contributed by atoms with van der Waals surface area (Å²) in [6.07, 6.45) is 3.98. The van der Waals surface area contributed by atoms with Crippen LogP contribution in [0.3, 0.4) is 0 Å². The summed E-state index contributed by atoms with van der Waals surface area (Å²) in [4.78, 5) is 5.02. The molecule has 0 amide bonds. The molecular weight excluding hydrogens is 234 g/mol. The molecule has 2 unspecified atom stereocenters. The highest BCUT2D eigenvalue weighted by atomic mass is 15.2. The lowest BCUT2D eigenvalue weighted by molar-refractivity contribution is 0.207. The Balaban J connectivity index is 2.06. The third-order valence-corrected chi connectivity index (χ3v) is 4.32. The fourth-order valence-electron chi connectivity index (χ4n) is 2.90. The molecule has 3 heteroatoms. The van der Waals surface area contributed by atoms with Crippen molar-refractivity contribution in [2.45, 2.75) is 46.1 Å². The van der Waals surface area contributed by atoms with Crippen LogP contribution < -0.4 is 5.32 Å². The van der Waals surface area contributed by atoms with Crippen molar-refractivity contribution in [2.24, 2.45) is 11.8 Å². The summed E-state index contributed by atoms with van der Waals surface area (Å²) in [5.74, 6) is 1.65. The molecule has 1 aliphatic rings. The van der Waals surface area contributed by atoms with E-state index in [2.05, 4.69) is 50.0 Å². The van der Waals surface area contributed by atoms with E-state index in [9.17, 15) is 0 Å². The molecule has 0 aromatic heterocycles. The molecule has 1 N–H and O–H groups in total. The first-order valence-corrected chi connectivity index (χ1v) is 8.08. The predicted molar refractivity (Wildman–Crippen MR) is 84.6 cm³/mol. The molecule has 1 rings (SSSR count). The van der Waals surface area contributed by atoms with Crippen LogP contribution >= 0.6 is 0 Å².